The second kappa shape index (κ2) is 8.47. The maximum absolute atomic E-state index is 13.0. The number of benzene rings is 1. The van der Waals surface area contributed by atoms with E-state index in [1.54, 1.807) is 10.6 Å². The van der Waals surface area contributed by atoms with Crippen molar-refractivity contribution < 1.29 is 9.59 Å². The van der Waals surface area contributed by atoms with Crippen molar-refractivity contribution in [2.75, 3.05) is 18.8 Å². The van der Waals surface area contributed by atoms with E-state index < -0.39 is 5.41 Å². The summed E-state index contributed by atoms with van der Waals surface area (Å²) in [6.45, 7) is 7.60. The Balaban J connectivity index is 1.83. The number of amides is 1. The Morgan fingerprint density at radius 2 is 1.93 bits per heavy atom. The van der Waals surface area contributed by atoms with Crippen LogP contribution in [0.5, 0.6) is 0 Å². The second-order valence-corrected chi connectivity index (χ2v) is 9.11. The molecule has 6 nitrogen and oxygen atoms in total. The predicted octanol–water partition coefficient (Wildman–Crippen LogP) is 3.12. The fourth-order valence-corrected chi connectivity index (χ4v) is 4.35. The molecule has 1 amide bonds. The average molecular weight is 402 g/mol. The summed E-state index contributed by atoms with van der Waals surface area (Å²) < 4.78 is 1.66. The first kappa shape index (κ1) is 20.6. The van der Waals surface area contributed by atoms with Crippen molar-refractivity contribution in [1.82, 2.24) is 14.5 Å². The zero-order valence-corrected chi connectivity index (χ0v) is 17.6. The van der Waals surface area contributed by atoms with E-state index in [0.717, 1.165) is 13.0 Å². The lowest BCUT2D eigenvalue weighted by Gasteiger charge is -2.18. The van der Waals surface area contributed by atoms with Crippen LogP contribution < -0.4 is 5.56 Å². The minimum atomic E-state index is -0.426. The van der Waals surface area contributed by atoms with Crippen LogP contribution in [0, 0.1) is 5.41 Å². The number of ketones is 1. The van der Waals surface area contributed by atoms with Crippen molar-refractivity contribution in [2.45, 2.75) is 51.7 Å². The summed E-state index contributed by atoms with van der Waals surface area (Å²) in [6, 6.07) is 7.28. The molecule has 2 aromatic rings. The standard InChI is InChI=1S/C21H27N3O3S/c1-21(2,3)17(25)14-28-20-22-16-9-5-4-8-15(16)19(27)24(20)13-7-12-23-11-6-10-18(23)26/h4-5,8-9H,6-7,10-14H2,1-3H3. The lowest BCUT2D eigenvalue weighted by Crippen LogP contribution is -2.29. The molecule has 0 unspecified atom stereocenters. The van der Waals surface area contributed by atoms with Gasteiger partial charge in [0.1, 0.15) is 5.78 Å². The molecule has 7 heteroatoms. The highest BCUT2D eigenvalue weighted by Crippen LogP contribution is 2.23. The molecule has 0 spiro atoms. The van der Waals surface area contributed by atoms with Crippen molar-refractivity contribution in [2.24, 2.45) is 5.41 Å². The van der Waals surface area contributed by atoms with Crippen LogP contribution in [0.3, 0.4) is 0 Å². The smallest absolute Gasteiger partial charge is 0.262 e. The summed E-state index contributed by atoms with van der Waals surface area (Å²) in [5.74, 6) is 0.585. The molecule has 1 aromatic carbocycles. The SMILES string of the molecule is CC(C)(C)C(=O)CSc1nc2ccccc2c(=O)n1CCCN1CCCC1=O. The number of hydrogen-bond acceptors (Lipinski definition) is 5. The van der Waals surface area contributed by atoms with Gasteiger partial charge in [0.05, 0.1) is 16.7 Å². The molecular formula is C21H27N3O3S. The number of fused-ring (bicyclic) bond motifs is 1. The Kier molecular flexibility index (Phi) is 6.23. The van der Waals surface area contributed by atoms with Crippen LogP contribution in [0.25, 0.3) is 10.9 Å². The number of likely N-dealkylation sites (tertiary alicyclic amines) is 1. The van der Waals surface area contributed by atoms with Gasteiger partial charge in [-0.05, 0) is 25.0 Å². The number of carbonyl (C=O) groups excluding carboxylic acids is 2. The van der Waals surface area contributed by atoms with Crippen LogP contribution in [0.1, 0.15) is 40.0 Å². The van der Waals surface area contributed by atoms with E-state index in [-0.39, 0.29) is 23.0 Å². The number of thioether (sulfide) groups is 1. The molecule has 2 heterocycles. The third-order valence-electron chi connectivity index (χ3n) is 4.98. The highest BCUT2D eigenvalue weighted by atomic mass is 32.2. The van der Waals surface area contributed by atoms with Gasteiger partial charge >= 0.3 is 0 Å². The molecule has 0 atom stereocenters. The van der Waals surface area contributed by atoms with E-state index in [2.05, 4.69) is 4.98 Å². The highest BCUT2D eigenvalue weighted by Gasteiger charge is 2.23. The number of para-hydroxylation sites is 1. The molecule has 0 radical (unpaired) electrons. The lowest BCUT2D eigenvalue weighted by atomic mass is 9.92. The Hall–Kier alpha value is -2.15. The van der Waals surface area contributed by atoms with Crippen molar-refractivity contribution in [3.63, 3.8) is 0 Å². The molecule has 1 saturated heterocycles. The van der Waals surface area contributed by atoms with Crippen LogP contribution in [-0.4, -0.2) is 45.0 Å². The molecule has 0 bridgehead atoms. The number of hydrogen-bond donors (Lipinski definition) is 0. The summed E-state index contributed by atoms with van der Waals surface area (Å²) in [7, 11) is 0. The van der Waals surface area contributed by atoms with E-state index in [9.17, 15) is 14.4 Å². The quantitative estimate of drug-likeness (QED) is 0.526. The zero-order valence-electron chi connectivity index (χ0n) is 16.7. The molecule has 1 fully saturated rings. The molecule has 1 aromatic heterocycles. The molecule has 1 aliphatic heterocycles. The molecular weight excluding hydrogens is 374 g/mol. The fraction of sp³-hybridized carbons (Fsp3) is 0.524. The third-order valence-corrected chi connectivity index (χ3v) is 5.95. The summed E-state index contributed by atoms with van der Waals surface area (Å²) >= 11 is 1.32. The Morgan fingerprint density at radius 3 is 2.61 bits per heavy atom. The van der Waals surface area contributed by atoms with Crippen LogP contribution in [0.4, 0.5) is 0 Å². The van der Waals surface area contributed by atoms with E-state index >= 15 is 0 Å². The first-order chi connectivity index (χ1) is 13.3. The number of Topliss-reactive ketones (excluding diaryl/α,β-unsaturated/α-hetero) is 1. The first-order valence-corrected chi connectivity index (χ1v) is 10.7. The fourth-order valence-electron chi connectivity index (χ4n) is 3.16. The van der Waals surface area contributed by atoms with Gasteiger partial charge in [-0.2, -0.15) is 0 Å². The molecule has 150 valence electrons. The summed E-state index contributed by atoms with van der Waals surface area (Å²) in [6.07, 6.45) is 2.21. The van der Waals surface area contributed by atoms with E-state index in [0.29, 0.717) is 42.0 Å². The van der Waals surface area contributed by atoms with E-state index in [1.165, 1.54) is 11.8 Å². The maximum atomic E-state index is 13.0. The second-order valence-electron chi connectivity index (χ2n) is 8.17. The molecule has 28 heavy (non-hydrogen) atoms. The number of aromatic nitrogens is 2. The molecule has 0 saturated carbocycles. The average Bonchev–Trinajstić information content (AvgIpc) is 3.06. The normalized spacial score (nSPS) is 14.8. The van der Waals surface area contributed by atoms with Crippen LogP contribution in [0.2, 0.25) is 0 Å². The minimum Gasteiger partial charge on any atom is -0.343 e. The zero-order chi connectivity index (χ0) is 20.3. The number of carbonyl (C=O) groups is 2. The molecule has 0 N–H and O–H groups in total. The largest absolute Gasteiger partial charge is 0.343 e. The Morgan fingerprint density at radius 1 is 1.18 bits per heavy atom. The first-order valence-electron chi connectivity index (χ1n) is 9.71. The summed E-state index contributed by atoms with van der Waals surface area (Å²) in [4.78, 5) is 43.7. The van der Waals surface area contributed by atoms with Crippen molar-refractivity contribution in [1.29, 1.82) is 0 Å². The Labute approximate surface area is 169 Å². The van der Waals surface area contributed by atoms with Gasteiger partial charge in [-0.15, -0.1) is 0 Å². The minimum absolute atomic E-state index is 0.0935. The summed E-state index contributed by atoms with van der Waals surface area (Å²) in [5.41, 5.74) is 0.124. The van der Waals surface area contributed by atoms with Crippen LogP contribution in [-0.2, 0) is 16.1 Å². The van der Waals surface area contributed by atoms with Crippen LogP contribution in [0.15, 0.2) is 34.2 Å². The van der Waals surface area contributed by atoms with Crippen LogP contribution >= 0.6 is 11.8 Å². The summed E-state index contributed by atoms with van der Waals surface area (Å²) in [5, 5.41) is 1.14. The van der Waals surface area contributed by atoms with Crippen molar-refractivity contribution in [3.8, 4) is 0 Å². The lowest BCUT2D eigenvalue weighted by molar-refractivity contribution is -0.127. The molecule has 0 aliphatic carbocycles. The topological polar surface area (TPSA) is 72.3 Å². The Bertz CT molecular complexity index is 946. The maximum Gasteiger partial charge on any atom is 0.262 e. The van der Waals surface area contributed by atoms with Gasteiger partial charge in [-0.25, -0.2) is 4.98 Å². The van der Waals surface area contributed by atoms with Gasteiger partial charge in [0.15, 0.2) is 5.16 Å². The van der Waals surface area contributed by atoms with Gasteiger partial charge in [-0.1, -0.05) is 44.7 Å². The van der Waals surface area contributed by atoms with Gasteiger partial charge < -0.3 is 4.90 Å². The molecule has 3 rings (SSSR count). The van der Waals surface area contributed by atoms with Gasteiger partial charge in [-0.3, -0.25) is 19.0 Å². The van der Waals surface area contributed by atoms with E-state index in [1.807, 2.05) is 43.9 Å². The predicted molar refractivity (Wildman–Crippen MR) is 112 cm³/mol. The van der Waals surface area contributed by atoms with E-state index in [4.69, 9.17) is 0 Å². The number of rotatable bonds is 7. The number of nitrogens with zero attached hydrogens (tertiary/aromatic N) is 3. The monoisotopic (exact) mass is 401 g/mol. The molecule has 1 aliphatic rings. The van der Waals surface area contributed by atoms with Gasteiger partial charge in [0, 0.05) is 31.5 Å². The van der Waals surface area contributed by atoms with Crippen molar-refractivity contribution >= 4 is 34.4 Å². The van der Waals surface area contributed by atoms with Gasteiger partial charge in [0.25, 0.3) is 5.56 Å². The van der Waals surface area contributed by atoms with Gasteiger partial charge in [0.2, 0.25) is 5.91 Å². The van der Waals surface area contributed by atoms with Crippen molar-refractivity contribution in [3.05, 3.63) is 34.6 Å². The highest BCUT2D eigenvalue weighted by molar-refractivity contribution is 7.99. The third kappa shape index (κ3) is 4.63.